The number of rotatable bonds is 1. The Hall–Kier alpha value is -2.42. The molecule has 0 aliphatic carbocycles. The fourth-order valence-electron chi connectivity index (χ4n) is 2.07. The summed E-state index contributed by atoms with van der Waals surface area (Å²) < 4.78 is 0. The van der Waals surface area contributed by atoms with Crippen molar-refractivity contribution in [2.75, 3.05) is 0 Å². The summed E-state index contributed by atoms with van der Waals surface area (Å²) in [5.74, 6) is 0.237. The quantitative estimate of drug-likeness (QED) is 0.705. The van der Waals surface area contributed by atoms with Gasteiger partial charge in [-0.15, -0.1) is 5.10 Å². The fourth-order valence-corrected chi connectivity index (χ4v) is 2.07. The second kappa shape index (κ2) is 4.11. The van der Waals surface area contributed by atoms with Gasteiger partial charge >= 0.3 is 0 Å². The van der Waals surface area contributed by atoms with Crippen LogP contribution in [0.25, 0.3) is 22.0 Å². The van der Waals surface area contributed by atoms with Gasteiger partial charge in [-0.25, -0.2) is 0 Å². The third kappa shape index (κ3) is 1.70. The Morgan fingerprint density at radius 2 is 1.89 bits per heavy atom. The standard InChI is InChI=1S/C15H12N2O/c1-10-6-7-13(14(18)8-10)15-12-5-3-2-4-11(12)9-16-17-15/h2-9,18H,1H3. The molecule has 0 amide bonds. The van der Waals surface area contributed by atoms with Crippen LogP contribution in [0, 0.1) is 6.92 Å². The molecule has 0 radical (unpaired) electrons. The fraction of sp³-hybridized carbons (Fsp3) is 0.0667. The number of aromatic hydroxyl groups is 1. The molecule has 3 nitrogen and oxygen atoms in total. The van der Waals surface area contributed by atoms with E-state index in [1.807, 2.05) is 43.3 Å². The number of aryl methyl sites for hydroxylation is 1. The van der Waals surface area contributed by atoms with Gasteiger partial charge in [0.05, 0.1) is 6.20 Å². The summed E-state index contributed by atoms with van der Waals surface area (Å²) in [7, 11) is 0. The Morgan fingerprint density at radius 1 is 1.06 bits per heavy atom. The van der Waals surface area contributed by atoms with Crippen LogP contribution >= 0.6 is 0 Å². The van der Waals surface area contributed by atoms with Crippen LogP contribution in [0.4, 0.5) is 0 Å². The SMILES string of the molecule is Cc1ccc(-c2nncc3ccccc23)c(O)c1. The lowest BCUT2D eigenvalue weighted by Crippen LogP contribution is -1.90. The molecule has 2 aromatic carbocycles. The number of aromatic nitrogens is 2. The highest BCUT2D eigenvalue weighted by molar-refractivity contribution is 5.95. The van der Waals surface area contributed by atoms with E-state index in [2.05, 4.69) is 10.2 Å². The first-order valence-corrected chi connectivity index (χ1v) is 5.76. The van der Waals surface area contributed by atoms with Gasteiger partial charge in [0.2, 0.25) is 0 Å². The zero-order valence-corrected chi connectivity index (χ0v) is 9.96. The minimum absolute atomic E-state index is 0.237. The summed E-state index contributed by atoms with van der Waals surface area (Å²) in [6.45, 7) is 1.94. The average Bonchev–Trinajstić information content (AvgIpc) is 2.38. The van der Waals surface area contributed by atoms with Crippen molar-refractivity contribution in [3.63, 3.8) is 0 Å². The van der Waals surface area contributed by atoms with E-state index in [9.17, 15) is 5.11 Å². The molecule has 3 aromatic rings. The largest absolute Gasteiger partial charge is 0.507 e. The molecule has 0 saturated heterocycles. The maximum Gasteiger partial charge on any atom is 0.125 e. The van der Waals surface area contributed by atoms with Gasteiger partial charge in [0.25, 0.3) is 0 Å². The Bertz CT molecular complexity index is 717. The average molecular weight is 236 g/mol. The van der Waals surface area contributed by atoms with E-state index >= 15 is 0 Å². The van der Waals surface area contributed by atoms with Crippen LogP contribution < -0.4 is 0 Å². The number of phenols is 1. The van der Waals surface area contributed by atoms with Crippen molar-refractivity contribution in [2.24, 2.45) is 0 Å². The van der Waals surface area contributed by atoms with Gasteiger partial charge in [-0.3, -0.25) is 0 Å². The zero-order chi connectivity index (χ0) is 12.5. The second-order valence-electron chi connectivity index (χ2n) is 4.30. The zero-order valence-electron chi connectivity index (χ0n) is 9.96. The number of fused-ring (bicyclic) bond motifs is 1. The van der Waals surface area contributed by atoms with E-state index in [-0.39, 0.29) is 5.75 Å². The normalized spacial score (nSPS) is 10.7. The van der Waals surface area contributed by atoms with Gasteiger partial charge in [-0.1, -0.05) is 30.3 Å². The number of benzene rings is 2. The minimum Gasteiger partial charge on any atom is -0.507 e. The first kappa shape index (κ1) is 10.7. The number of phenolic OH excluding ortho intramolecular Hbond substituents is 1. The Kier molecular flexibility index (Phi) is 2.45. The number of nitrogens with zero attached hydrogens (tertiary/aromatic N) is 2. The van der Waals surface area contributed by atoms with E-state index in [1.165, 1.54) is 0 Å². The van der Waals surface area contributed by atoms with Crippen molar-refractivity contribution < 1.29 is 5.11 Å². The molecule has 0 unspecified atom stereocenters. The van der Waals surface area contributed by atoms with E-state index < -0.39 is 0 Å². The first-order valence-electron chi connectivity index (χ1n) is 5.76. The van der Waals surface area contributed by atoms with Crippen LogP contribution in [0.2, 0.25) is 0 Å². The van der Waals surface area contributed by atoms with Gasteiger partial charge in [0.15, 0.2) is 0 Å². The van der Waals surface area contributed by atoms with Crippen molar-refractivity contribution >= 4 is 10.8 Å². The van der Waals surface area contributed by atoms with Crippen LogP contribution in [0.5, 0.6) is 5.75 Å². The number of hydrogen-bond donors (Lipinski definition) is 1. The molecular formula is C15H12N2O. The van der Waals surface area contributed by atoms with Crippen LogP contribution in [-0.4, -0.2) is 15.3 Å². The van der Waals surface area contributed by atoms with Crippen molar-refractivity contribution in [3.05, 3.63) is 54.2 Å². The van der Waals surface area contributed by atoms with Gasteiger partial charge in [-0.05, 0) is 24.6 Å². The number of hydrogen-bond acceptors (Lipinski definition) is 3. The maximum atomic E-state index is 10.0. The molecule has 0 fully saturated rings. The summed E-state index contributed by atoms with van der Waals surface area (Å²) >= 11 is 0. The van der Waals surface area contributed by atoms with E-state index in [0.29, 0.717) is 11.3 Å². The predicted octanol–water partition coefficient (Wildman–Crippen LogP) is 3.31. The van der Waals surface area contributed by atoms with Crippen LogP contribution in [0.1, 0.15) is 5.56 Å². The molecule has 0 atom stereocenters. The smallest absolute Gasteiger partial charge is 0.125 e. The third-order valence-corrected chi connectivity index (χ3v) is 2.98. The highest BCUT2D eigenvalue weighted by atomic mass is 16.3. The third-order valence-electron chi connectivity index (χ3n) is 2.98. The Balaban J connectivity index is 2.31. The molecule has 0 aliphatic heterocycles. The topological polar surface area (TPSA) is 46.0 Å². The molecule has 1 N–H and O–H groups in total. The van der Waals surface area contributed by atoms with Crippen molar-refractivity contribution in [1.82, 2.24) is 10.2 Å². The van der Waals surface area contributed by atoms with Gasteiger partial charge in [0, 0.05) is 16.3 Å². The van der Waals surface area contributed by atoms with Crippen LogP contribution in [0.15, 0.2) is 48.7 Å². The van der Waals surface area contributed by atoms with Crippen molar-refractivity contribution in [1.29, 1.82) is 0 Å². The summed E-state index contributed by atoms with van der Waals surface area (Å²) in [5, 5.41) is 20.2. The lowest BCUT2D eigenvalue weighted by atomic mass is 10.0. The molecule has 18 heavy (non-hydrogen) atoms. The summed E-state index contributed by atoms with van der Waals surface area (Å²) in [6.07, 6.45) is 1.73. The van der Waals surface area contributed by atoms with Crippen LogP contribution in [-0.2, 0) is 0 Å². The lowest BCUT2D eigenvalue weighted by molar-refractivity contribution is 0.476. The molecule has 88 valence electrons. The first-order chi connectivity index (χ1) is 8.75. The maximum absolute atomic E-state index is 10.0. The van der Waals surface area contributed by atoms with Crippen LogP contribution in [0.3, 0.4) is 0 Å². The van der Waals surface area contributed by atoms with E-state index in [1.54, 1.807) is 12.3 Å². The van der Waals surface area contributed by atoms with Gasteiger partial charge in [-0.2, -0.15) is 5.10 Å². The second-order valence-corrected chi connectivity index (χ2v) is 4.30. The monoisotopic (exact) mass is 236 g/mol. The molecule has 1 aromatic heterocycles. The highest BCUT2D eigenvalue weighted by Crippen LogP contribution is 2.32. The lowest BCUT2D eigenvalue weighted by Gasteiger charge is -2.07. The van der Waals surface area contributed by atoms with Gasteiger partial charge < -0.3 is 5.11 Å². The van der Waals surface area contributed by atoms with E-state index in [0.717, 1.165) is 16.3 Å². The van der Waals surface area contributed by atoms with Gasteiger partial charge in [0.1, 0.15) is 11.4 Å². The molecule has 0 aliphatic rings. The molecule has 0 saturated carbocycles. The summed E-state index contributed by atoms with van der Waals surface area (Å²) in [6, 6.07) is 13.5. The van der Waals surface area contributed by atoms with Crippen molar-refractivity contribution in [3.8, 4) is 17.0 Å². The summed E-state index contributed by atoms with van der Waals surface area (Å²) in [4.78, 5) is 0. The molecular weight excluding hydrogens is 224 g/mol. The molecule has 1 heterocycles. The molecule has 0 bridgehead atoms. The molecule has 0 spiro atoms. The predicted molar refractivity (Wildman–Crippen MR) is 71.4 cm³/mol. The molecule has 3 rings (SSSR count). The Labute approximate surface area is 105 Å². The summed E-state index contributed by atoms with van der Waals surface area (Å²) in [5.41, 5.74) is 2.44. The van der Waals surface area contributed by atoms with E-state index in [4.69, 9.17) is 0 Å². The highest BCUT2D eigenvalue weighted by Gasteiger charge is 2.10. The Morgan fingerprint density at radius 3 is 2.72 bits per heavy atom. The minimum atomic E-state index is 0.237. The molecule has 3 heteroatoms. The van der Waals surface area contributed by atoms with Crippen molar-refractivity contribution in [2.45, 2.75) is 6.92 Å².